The SMILES string of the molecule is CCCCN(CCCC)CCCN(C(=O)c1cc(C(=O)NCC(C)(C)C)ccc1-c1cc(C(N)=O)cc(F)c1C)C1CC1. The van der Waals surface area contributed by atoms with Crippen LogP contribution in [0.2, 0.25) is 0 Å². The van der Waals surface area contributed by atoms with E-state index in [4.69, 9.17) is 5.73 Å². The van der Waals surface area contributed by atoms with Crippen molar-refractivity contribution in [3.63, 3.8) is 0 Å². The Labute approximate surface area is 257 Å². The molecule has 1 saturated carbocycles. The number of nitrogens with zero attached hydrogens (tertiary/aromatic N) is 2. The minimum Gasteiger partial charge on any atom is -0.366 e. The first-order valence-electron chi connectivity index (χ1n) is 15.9. The van der Waals surface area contributed by atoms with Gasteiger partial charge in [-0.1, -0.05) is 53.5 Å². The van der Waals surface area contributed by atoms with Gasteiger partial charge in [-0.25, -0.2) is 4.39 Å². The van der Waals surface area contributed by atoms with Crippen LogP contribution in [0, 0.1) is 18.2 Å². The van der Waals surface area contributed by atoms with Gasteiger partial charge in [0, 0.05) is 35.8 Å². The standard InChI is InChI=1S/C35H51FN4O3/c1-7-9-16-39(17-10-8-2)18-11-19-40(27-13-14-27)34(43)30-20-25(33(42)38-23-35(4,5)6)12-15-28(30)29-21-26(32(37)41)22-31(36)24(29)3/h12,15,20-22,27H,7-11,13-14,16-19,23H2,1-6H3,(H2,37,41)(H,38,42). The number of halogens is 1. The number of carbonyl (C=O) groups excluding carboxylic acids is 3. The number of unbranched alkanes of at least 4 members (excludes halogenated alkanes) is 2. The lowest BCUT2D eigenvalue weighted by Crippen LogP contribution is -2.37. The minimum absolute atomic E-state index is 0.0294. The van der Waals surface area contributed by atoms with Crippen LogP contribution < -0.4 is 11.1 Å². The molecule has 0 spiro atoms. The van der Waals surface area contributed by atoms with E-state index >= 15 is 0 Å². The fourth-order valence-corrected chi connectivity index (χ4v) is 5.20. The highest BCUT2D eigenvalue weighted by Gasteiger charge is 2.34. The lowest BCUT2D eigenvalue weighted by Gasteiger charge is -2.27. The molecule has 0 bridgehead atoms. The van der Waals surface area contributed by atoms with Crippen molar-refractivity contribution in [3.8, 4) is 11.1 Å². The zero-order valence-electron chi connectivity index (χ0n) is 27.0. The van der Waals surface area contributed by atoms with Gasteiger partial charge >= 0.3 is 0 Å². The smallest absolute Gasteiger partial charge is 0.254 e. The molecule has 1 aliphatic rings. The van der Waals surface area contributed by atoms with Crippen LogP contribution in [0.1, 0.15) is 116 Å². The summed E-state index contributed by atoms with van der Waals surface area (Å²) in [6.45, 7) is 16.2. The third-order valence-corrected chi connectivity index (χ3v) is 7.99. The van der Waals surface area contributed by atoms with Crippen molar-refractivity contribution in [1.29, 1.82) is 0 Å². The van der Waals surface area contributed by atoms with Crippen LogP contribution in [0.3, 0.4) is 0 Å². The van der Waals surface area contributed by atoms with E-state index in [-0.39, 0.29) is 28.8 Å². The second-order valence-corrected chi connectivity index (χ2v) is 13.1. The van der Waals surface area contributed by atoms with Crippen LogP contribution in [0.15, 0.2) is 30.3 Å². The van der Waals surface area contributed by atoms with Crippen molar-refractivity contribution in [3.05, 3.63) is 58.4 Å². The molecule has 0 aromatic heterocycles. The Kier molecular flexibility index (Phi) is 12.3. The van der Waals surface area contributed by atoms with Crippen molar-refractivity contribution in [1.82, 2.24) is 15.1 Å². The van der Waals surface area contributed by atoms with Crippen LogP contribution in [-0.4, -0.2) is 66.3 Å². The molecule has 236 valence electrons. The van der Waals surface area contributed by atoms with E-state index in [0.29, 0.717) is 40.9 Å². The number of rotatable bonds is 16. The Morgan fingerprint density at radius 3 is 2.09 bits per heavy atom. The molecule has 2 aromatic rings. The zero-order chi connectivity index (χ0) is 31.7. The number of nitrogens with two attached hydrogens (primary N) is 1. The number of amides is 3. The highest BCUT2D eigenvalue weighted by molar-refractivity contribution is 6.05. The lowest BCUT2D eigenvalue weighted by molar-refractivity contribution is 0.0735. The van der Waals surface area contributed by atoms with E-state index < -0.39 is 11.7 Å². The summed E-state index contributed by atoms with van der Waals surface area (Å²) in [7, 11) is 0. The largest absolute Gasteiger partial charge is 0.366 e. The molecule has 7 nitrogen and oxygen atoms in total. The molecule has 43 heavy (non-hydrogen) atoms. The van der Waals surface area contributed by atoms with Gasteiger partial charge in [-0.3, -0.25) is 14.4 Å². The first kappa shape index (κ1) is 34.2. The highest BCUT2D eigenvalue weighted by atomic mass is 19.1. The molecule has 0 radical (unpaired) electrons. The van der Waals surface area contributed by atoms with Crippen molar-refractivity contribution in [2.24, 2.45) is 11.1 Å². The Balaban J connectivity index is 1.98. The van der Waals surface area contributed by atoms with Gasteiger partial charge in [0.05, 0.1) is 0 Å². The molecule has 3 amide bonds. The molecule has 0 unspecified atom stereocenters. The van der Waals surface area contributed by atoms with Gasteiger partial charge in [0.25, 0.3) is 11.8 Å². The van der Waals surface area contributed by atoms with Gasteiger partial charge in [-0.2, -0.15) is 0 Å². The second kappa shape index (κ2) is 15.5. The van der Waals surface area contributed by atoms with E-state index in [0.717, 1.165) is 70.6 Å². The third-order valence-electron chi connectivity index (χ3n) is 7.99. The summed E-state index contributed by atoms with van der Waals surface area (Å²) < 4.78 is 15.0. The first-order valence-corrected chi connectivity index (χ1v) is 15.9. The summed E-state index contributed by atoms with van der Waals surface area (Å²) >= 11 is 0. The number of hydrogen-bond donors (Lipinski definition) is 2. The minimum atomic E-state index is -0.749. The topological polar surface area (TPSA) is 95.7 Å². The van der Waals surface area contributed by atoms with Crippen molar-refractivity contribution in [2.75, 3.05) is 32.7 Å². The molecular formula is C35H51FN4O3. The second-order valence-electron chi connectivity index (χ2n) is 13.1. The molecule has 8 heteroatoms. The number of carbonyl (C=O) groups is 3. The maximum Gasteiger partial charge on any atom is 0.254 e. The molecule has 1 aliphatic carbocycles. The summed E-state index contributed by atoms with van der Waals surface area (Å²) in [5.41, 5.74) is 7.33. The Hall–Kier alpha value is -3.26. The van der Waals surface area contributed by atoms with E-state index in [1.807, 2.05) is 25.7 Å². The Morgan fingerprint density at radius 1 is 0.907 bits per heavy atom. The first-order chi connectivity index (χ1) is 20.4. The van der Waals surface area contributed by atoms with Crippen LogP contribution in [0.4, 0.5) is 4.39 Å². The van der Waals surface area contributed by atoms with Crippen molar-refractivity contribution >= 4 is 17.7 Å². The van der Waals surface area contributed by atoms with Crippen LogP contribution in [0.5, 0.6) is 0 Å². The maximum atomic E-state index is 15.0. The molecular weight excluding hydrogens is 543 g/mol. The third kappa shape index (κ3) is 9.88. The average Bonchev–Trinajstić information content (AvgIpc) is 3.80. The summed E-state index contributed by atoms with van der Waals surface area (Å²) in [4.78, 5) is 43.9. The summed E-state index contributed by atoms with van der Waals surface area (Å²) in [6, 6.07) is 7.76. The predicted molar refractivity (Wildman–Crippen MR) is 172 cm³/mol. The van der Waals surface area contributed by atoms with Gasteiger partial charge in [-0.15, -0.1) is 0 Å². The molecule has 2 aromatic carbocycles. The normalized spacial score (nSPS) is 13.3. The highest BCUT2D eigenvalue weighted by Crippen LogP contribution is 2.34. The number of nitrogens with one attached hydrogen (secondary N) is 1. The molecule has 3 N–H and O–H groups in total. The van der Waals surface area contributed by atoms with E-state index in [2.05, 4.69) is 24.1 Å². The van der Waals surface area contributed by atoms with Gasteiger partial charge in [-0.05, 0) is 105 Å². The number of benzene rings is 2. The lowest BCUT2D eigenvalue weighted by atomic mass is 9.91. The average molecular weight is 595 g/mol. The maximum absolute atomic E-state index is 15.0. The van der Waals surface area contributed by atoms with E-state index in [1.54, 1.807) is 25.1 Å². The molecule has 0 aliphatic heterocycles. The van der Waals surface area contributed by atoms with Gasteiger partial charge in [0.2, 0.25) is 5.91 Å². The van der Waals surface area contributed by atoms with Gasteiger partial charge in [0.15, 0.2) is 0 Å². The monoisotopic (exact) mass is 594 g/mol. The quantitative estimate of drug-likeness (QED) is 0.230. The molecule has 0 heterocycles. The van der Waals surface area contributed by atoms with E-state index in [1.165, 1.54) is 6.07 Å². The molecule has 0 atom stereocenters. The summed E-state index contributed by atoms with van der Waals surface area (Å²) in [5.74, 6) is -1.78. The molecule has 1 fully saturated rings. The Bertz CT molecular complexity index is 1270. The van der Waals surface area contributed by atoms with Crippen LogP contribution >= 0.6 is 0 Å². The fourth-order valence-electron chi connectivity index (χ4n) is 5.20. The molecule has 0 saturated heterocycles. The fraction of sp³-hybridized carbons (Fsp3) is 0.571. The number of hydrogen-bond acceptors (Lipinski definition) is 4. The summed E-state index contributed by atoms with van der Waals surface area (Å²) in [6.07, 6.45) is 7.33. The van der Waals surface area contributed by atoms with Crippen LogP contribution in [0.25, 0.3) is 11.1 Å². The van der Waals surface area contributed by atoms with Crippen molar-refractivity contribution in [2.45, 2.75) is 92.5 Å². The Morgan fingerprint density at radius 2 is 1.53 bits per heavy atom. The van der Waals surface area contributed by atoms with E-state index in [9.17, 15) is 18.8 Å². The predicted octanol–water partition coefficient (Wildman–Crippen LogP) is 6.57. The summed E-state index contributed by atoms with van der Waals surface area (Å²) in [5, 5.41) is 2.96. The zero-order valence-corrected chi connectivity index (χ0v) is 27.0. The van der Waals surface area contributed by atoms with Gasteiger partial charge in [0.1, 0.15) is 5.82 Å². The van der Waals surface area contributed by atoms with Gasteiger partial charge < -0.3 is 20.9 Å². The van der Waals surface area contributed by atoms with Crippen molar-refractivity contribution < 1.29 is 18.8 Å². The van der Waals surface area contributed by atoms with Crippen LogP contribution in [-0.2, 0) is 0 Å². The number of primary amides is 1. The molecule has 3 rings (SSSR count).